The fourth-order valence-corrected chi connectivity index (χ4v) is 2.43. The van der Waals surface area contributed by atoms with Crippen LogP contribution in [0.3, 0.4) is 0 Å². The van der Waals surface area contributed by atoms with Gasteiger partial charge in [0.05, 0.1) is 4.92 Å². The largest absolute Gasteiger partial charge is 0.502 e. The first-order valence-electron chi connectivity index (χ1n) is 7.24. The Morgan fingerprint density at radius 3 is 2.50 bits per heavy atom. The summed E-state index contributed by atoms with van der Waals surface area (Å²) in [7, 11) is 0. The Morgan fingerprint density at radius 1 is 1.00 bits per heavy atom. The molecule has 3 rings (SSSR count). The van der Waals surface area contributed by atoms with Gasteiger partial charge in [0.1, 0.15) is 0 Å². The number of nitrogens with zero attached hydrogens (tertiary/aromatic N) is 1. The van der Waals surface area contributed by atoms with Crippen LogP contribution in [0.15, 0.2) is 66.7 Å². The predicted molar refractivity (Wildman–Crippen MR) is 92.1 cm³/mol. The Balaban J connectivity index is 1.89. The molecule has 3 aromatic carbocycles. The van der Waals surface area contributed by atoms with Gasteiger partial charge in [0.15, 0.2) is 5.78 Å². The van der Waals surface area contributed by atoms with Crippen LogP contribution in [0, 0.1) is 10.1 Å². The van der Waals surface area contributed by atoms with E-state index in [9.17, 15) is 20.0 Å². The normalized spacial score (nSPS) is 11.0. The van der Waals surface area contributed by atoms with Crippen molar-refractivity contribution in [2.75, 3.05) is 0 Å². The van der Waals surface area contributed by atoms with Crippen LogP contribution < -0.4 is 0 Å². The van der Waals surface area contributed by atoms with Gasteiger partial charge in [-0.15, -0.1) is 0 Å². The molecule has 0 saturated carbocycles. The number of carbonyl (C=O) groups excluding carboxylic acids is 1. The lowest BCUT2D eigenvalue weighted by atomic mass is 10.0. The first-order chi connectivity index (χ1) is 11.6. The van der Waals surface area contributed by atoms with E-state index in [1.807, 2.05) is 30.3 Å². The van der Waals surface area contributed by atoms with Gasteiger partial charge < -0.3 is 5.11 Å². The van der Waals surface area contributed by atoms with Crippen molar-refractivity contribution in [3.8, 4) is 5.75 Å². The lowest BCUT2D eigenvalue weighted by molar-refractivity contribution is -0.385. The summed E-state index contributed by atoms with van der Waals surface area (Å²) in [5.74, 6) is -0.697. The van der Waals surface area contributed by atoms with Crippen molar-refractivity contribution in [3.63, 3.8) is 0 Å². The molecule has 0 aromatic heterocycles. The maximum Gasteiger partial charge on any atom is 0.311 e. The number of ketones is 1. The molecule has 0 atom stereocenters. The molecule has 0 aliphatic carbocycles. The SMILES string of the molecule is O=C(/C=C/c1cccc([N+](=O)[O-])c1O)c1ccc2ccccc2c1. The van der Waals surface area contributed by atoms with Crippen LogP contribution in [-0.2, 0) is 0 Å². The van der Waals surface area contributed by atoms with Crippen LogP contribution in [-0.4, -0.2) is 15.8 Å². The van der Waals surface area contributed by atoms with Gasteiger partial charge in [-0.1, -0.05) is 48.5 Å². The summed E-state index contributed by atoms with van der Waals surface area (Å²) in [5, 5.41) is 22.7. The minimum absolute atomic E-state index is 0.221. The molecule has 0 radical (unpaired) electrons. The molecule has 118 valence electrons. The predicted octanol–water partition coefficient (Wildman–Crippen LogP) is 4.35. The molecule has 0 unspecified atom stereocenters. The van der Waals surface area contributed by atoms with Crippen LogP contribution in [0.4, 0.5) is 5.69 Å². The summed E-state index contributed by atoms with van der Waals surface area (Å²) in [6, 6.07) is 17.2. The molecular formula is C19H13NO4. The third kappa shape index (κ3) is 3.01. The monoisotopic (exact) mass is 319 g/mol. The van der Waals surface area contributed by atoms with E-state index in [1.54, 1.807) is 12.1 Å². The molecule has 0 fully saturated rings. The molecule has 3 aromatic rings. The van der Waals surface area contributed by atoms with Gasteiger partial charge in [-0.25, -0.2) is 0 Å². The molecule has 0 bridgehead atoms. The van der Waals surface area contributed by atoms with Gasteiger partial charge in [-0.05, 0) is 29.0 Å². The molecule has 0 amide bonds. The summed E-state index contributed by atoms with van der Waals surface area (Å²) in [6.45, 7) is 0. The summed E-state index contributed by atoms with van der Waals surface area (Å²) in [4.78, 5) is 22.4. The highest BCUT2D eigenvalue weighted by Gasteiger charge is 2.15. The van der Waals surface area contributed by atoms with Crippen molar-refractivity contribution < 1.29 is 14.8 Å². The number of para-hydroxylation sites is 1. The van der Waals surface area contributed by atoms with Crippen LogP contribution in [0.5, 0.6) is 5.75 Å². The standard InChI is InChI=1S/C19H13NO4/c21-18(16-9-8-13-4-1-2-5-15(13)12-16)11-10-14-6-3-7-17(19(14)22)20(23)24/h1-12,22H/b11-10+. The first kappa shape index (κ1) is 15.4. The van der Waals surface area contributed by atoms with E-state index in [0.717, 1.165) is 10.8 Å². The highest BCUT2D eigenvalue weighted by molar-refractivity contribution is 6.08. The number of hydrogen-bond acceptors (Lipinski definition) is 4. The molecule has 0 spiro atoms. The van der Waals surface area contributed by atoms with E-state index >= 15 is 0 Å². The third-order valence-electron chi connectivity index (χ3n) is 3.69. The number of phenols is 1. The van der Waals surface area contributed by atoms with Gasteiger partial charge in [-0.3, -0.25) is 14.9 Å². The van der Waals surface area contributed by atoms with E-state index < -0.39 is 16.4 Å². The molecule has 24 heavy (non-hydrogen) atoms. The van der Waals surface area contributed by atoms with Crippen molar-refractivity contribution in [1.82, 2.24) is 0 Å². The lowest BCUT2D eigenvalue weighted by Gasteiger charge is -2.01. The van der Waals surface area contributed by atoms with E-state index in [1.165, 1.54) is 30.4 Å². The van der Waals surface area contributed by atoms with E-state index in [-0.39, 0.29) is 11.3 Å². The number of aromatic hydroxyl groups is 1. The van der Waals surface area contributed by atoms with E-state index in [0.29, 0.717) is 5.56 Å². The number of allylic oxidation sites excluding steroid dienone is 1. The molecule has 5 nitrogen and oxygen atoms in total. The molecule has 0 aliphatic heterocycles. The molecule has 0 heterocycles. The Morgan fingerprint density at radius 2 is 1.75 bits per heavy atom. The lowest BCUT2D eigenvalue weighted by Crippen LogP contribution is -1.94. The Kier molecular flexibility index (Phi) is 4.07. The maximum atomic E-state index is 12.3. The van der Waals surface area contributed by atoms with Crippen molar-refractivity contribution >= 4 is 28.3 Å². The van der Waals surface area contributed by atoms with Gasteiger partial charge in [0.25, 0.3) is 0 Å². The zero-order valence-corrected chi connectivity index (χ0v) is 12.5. The Bertz CT molecular complexity index is 976. The number of hydrogen-bond donors (Lipinski definition) is 1. The van der Waals surface area contributed by atoms with Gasteiger partial charge in [0.2, 0.25) is 5.75 Å². The zero-order chi connectivity index (χ0) is 17.1. The molecule has 0 aliphatic rings. The second kappa shape index (κ2) is 6.34. The molecule has 0 saturated heterocycles. The number of carbonyl (C=O) groups is 1. The van der Waals surface area contributed by atoms with Crippen molar-refractivity contribution in [2.24, 2.45) is 0 Å². The van der Waals surface area contributed by atoms with E-state index in [2.05, 4.69) is 0 Å². The average molecular weight is 319 g/mol. The second-order valence-electron chi connectivity index (χ2n) is 5.23. The third-order valence-corrected chi connectivity index (χ3v) is 3.69. The van der Waals surface area contributed by atoms with Crippen LogP contribution in [0.1, 0.15) is 15.9 Å². The number of phenolic OH excluding ortho intramolecular Hbond substituents is 1. The van der Waals surface area contributed by atoms with Crippen LogP contribution in [0.25, 0.3) is 16.8 Å². The molecule has 1 N–H and O–H groups in total. The average Bonchev–Trinajstić information content (AvgIpc) is 2.60. The maximum absolute atomic E-state index is 12.3. The summed E-state index contributed by atoms with van der Waals surface area (Å²) < 4.78 is 0. The number of fused-ring (bicyclic) bond motifs is 1. The highest BCUT2D eigenvalue weighted by atomic mass is 16.6. The minimum atomic E-state index is -0.669. The summed E-state index contributed by atoms with van der Waals surface area (Å²) in [6.07, 6.45) is 2.67. The topological polar surface area (TPSA) is 80.4 Å². The number of nitro benzene ring substituents is 1. The van der Waals surface area contributed by atoms with Crippen molar-refractivity contribution in [2.45, 2.75) is 0 Å². The first-order valence-corrected chi connectivity index (χ1v) is 7.24. The quantitative estimate of drug-likeness (QED) is 0.335. The van der Waals surface area contributed by atoms with Crippen LogP contribution >= 0.6 is 0 Å². The fraction of sp³-hybridized carbons (Fsp3) is 0. The van der Waals surface area contributed by atoms with Gasteiger partial charge >= 0.3 is 5.69 Å². The Hall–Kier alpha value is -3.47. The van der Waals surface area contributed by atoms with Crippen LogP contribution in [0.2, 0.25) is 0 Å². The highest BCUT2D eigenvalue weighted by Crippen LogP contribution is 2.30. The van der Waals surface area contributed by atoms with Gasteiger partial charge in [-0.2, -0.15) is 0 Å². The number of rotatable bonds is 4. The van der Waals surface area contributed by atoms with E-state index in [4.69, 9.17) is 0 Å². The summed E-state index contributed by atoms with van der Waals surface area (Å²) in [5.41, 5.74) is 0.337. The summed E-state index contributed by atoms with van der Waals surface area (Å²) >= 11 is 0. The number of nitro groups is 1. The minimum Gasteiger partial charge on any atom is -0.502 e. The van der Waals surface area contributed by atoms with Crippen molar-refractivity contribution in [1.29, 1.82) is 0 Å². The molecule has 5 heteroatoms. The smallest absolute Gasteiger partial charge is 0.311 e. The fourth-order valence-electron chi connectivity index (χ4n) is 2.43. The zero-order valence-electron chi connectivity index (χ0n) is 12.5. The number of benzene rings is 3. The second-order valence-corrected chi connectivity index (χ2v) is 5.23. The van der Waals surface area contributed by atoms with Gasteiger partial charge in [0, 0.05) is 17.2 Å². The molecular weight excluding hydrogens is 306 g/mol. The van der Waals surface area contributed by atoms with Crippen molar-refractivity contribution in [3.05, 3.63) is 88.0 Å². The Labute approximate surface area is 137 Å².